The number of carboxylic acids is 1. The second-order valence-corrected chi connectivity index (χ2v) is 4.46. The fourth-order valence-corrected chi connectivity index (χ4v) is 1.83. The number of nitrogens with one attached hydrogen (secondary N) is 1. The molecule has 21 heavy (non-hydrogen) atoms. The summed E-state index contributed by atoms with van der Waals surface area (Å²) in [4.78, 5) is 23.2. The molecule has 7 heteroatoms. The number of benzene rings is 1. The van der Waals surface area contributed by atoms with E-state index in [-0.39, 0.29) is 5.56 Å². The van der Waals surface area contributed by atoms with Crippen LogP contribution in [0.2, 0.25) is 0 Å². The highest BCUT2D eigenvalue weighted by Crippen LogP contribution is 2.37. The predicted octanol–water partition coefficient (Wildman–Crippen LogP) is 2.62. The molecule has 0 aromatic heterocycles. The van der Waals surface area contributed by atoms with E-state index in [1.54, 1.807) is 11.4 Å². The smallest absolute Gasteiger partial charge is 0.423 e. The van der Waals surface area contributed by atoms with E-state index < -0.39 is 29.5 Å². The van der Waals surface area contributed by atoms with Gasteiger partial charge in [-0.3, -0.25) is 4.79 Å². The standard InChI is InChI=1S/C14H14F3NO3/c1-3-9(2)13(12(20)21,14(15,16)17)18-11(19)10-7-5-4-6-8-10/h3-9H,1H2,2H3,(H,18,19)(H,20,21). The number of carbonyl (C=O) groups excluding carboxylic acids is 1. The highest BCUT2D eigenvalue weighted by atomic mass is 19.4. The van der Waals surface area contributed by atoms with Crippen molar-refractivity contribution < 1.29 is 27.9 Å². The second-order valence-electron chi connectivity index (χ2n) is 4.46. The van der Waals surface area contributed by atoms with Crippen LogP contribution in [0.3, 0.4) is 0 Å². The topological polar surface area (TPSA) is 66.4 Å². The molecule has 0 aliphatic rings. The van der Waals surface area contributed by atoms with Gasteiger partial charge in [0.15, 0.2) is 0 Å². The van der Waals surface area contributed by atoms with E-state index >= 15 is 0 Å². The summed E-state index contributed by atoms with van der Waals surface area (Å²) in [7, 11) is 0. The Bertz CT molecular complexity index is 542. The van der Waals surface area contributed by atoms with Gasteiger partial charge >= 0.3 is 12.1 Å². The van der Waals surface area contributed by atoms with Crippen molar-refractivity contribution in [3.05, 3.63) is 48.6 Å². The van der Waals surface area contributed by atoms with Gasteiger partial charge in [0.2, 0.25) is 5.54 Å². The molecule has 0 radical (unpaired) electrons. The Balaban J connectivity index is 3.29. The molecule has 2 N–H and O–H groups in total. The summed E-state index contributed by atoms with van der Waals surface area (Å²) in [6.07, 6.45) is -4.34. The Kier molecular flexibility index (Phi) is 4.77. The number of amides is 1. The molecule has 0 fully saturated rings. The molecule has 0 saturated carbocycles. The van der Waals surface area contributed by atoms with Crippen LogP contribution in [0.25, 0.3) is 0 Å². The van der Waals surface area contributed by atoms with Crippen LogP contribution in [-0.2, 0) is 4.79 Å². The Labute approximate surface area is 119 Å². The molecule has 0 aliphatic carbocycles. The van der Waals surface area contributed by atoms with Gasteiger partial charge in [0.05, 0.1) is 0 Å². The van der Waals surface area contributed by atoms with Crippen LogP contribution in [0.1, 0.15) is 17.3 Å². The van der Waals surface area contributed by atoms with Gasteiger partial charge in [-0.1, -0.05) is 31.2 Å². The molecule has 1 rings (SSSR count). The molecule has 1 aromatic carbocycles. The molecule has 2 atom stereocenters. The molecule has 2 unspecified atom stereocenters. The van der Waals surface area contributed by atoms with E-state index in [1.807, 2.05) is 0 Å². The Hall–Kier alpha value is -2.31. The molecule has 0 bridgehead atoms. The first kappa shape index (κ1) is 16.7. The summed E-state index contributed by atoms with van der Waals surface area (Å²) >= 11 is 0. The third kappa shape index (κ3) is 3.07. The van der Waals surface area contributed by atoms with Crippen molar-refractivity contribution in [2.24, 2.45) is 5.92 Å². The lowest BCUT2D eigenvalue weighted by Gasteiger charge is -2.36. The van der Waals surface area contributed by atoms with Gasteiger partial charge < -0.3 is 10.4 Å². The lowest BCUT2D eigenvalue weighted by molar-refractivity contribution is -0.214. The molecule has 0 aliphatic heterocycles. The largest absolute Gasteiger partial charge is 0.479 e. The van der Waals surface area contributed by atoms with Crippen LogP contribution in [0.5, 0.6) is 0 Å². The van der Waals surface area contributed by atoms with Gasteiger partial charge in [-0.2, -0.15) is 13.2 Å². The van der Waals surface area contributed by atoms with Crippen molar-refractivity contribution in [1.82, 2.24) is 5.32 Å². The summed E-state index contributed by atoms with van der Waals surface area (Å²) in [5.74, 6) is -4.86. The summed E-state index contributed by atoms with van der Waals surface area (Å²) in [5, 5.41) is 10.7. The molecule has 0 spiro atoms. The van der Waals surface area contributed by atoms with Crippen molar-refractivity contribution in [1.29, 1.82) is 0 Å². The summed E-state index contributed by atoms with van der Waals surface area (Å²) in [6.45, 7) is 4.22. The van der Waals surface area contributed by atoms with E-state index in [9.17, 15) is 22.8 Å². The third-order valence-electron chi connectivity index (χ3n) is 3.17. The number of carbonyl (C=O) groups is 2. The van der Waals surface area contributed by atoms with Gasteiger partial charge in [-0.15, -0.1) is 6.58 Å². The average molecular weight is 301 g/mol. The van der Waals surface area contributed by atoms with E-state index in [0.29, 0.717) is 0 Å². The number of hydrogen-bond acceptors (Lipinski definition) is 2. The van der Waals surface area contributed by atoms with E-state index in [4.69, 9.17) is 5.11 Å². The molecule has 4 nitrogen and oxygen atoms in total. The SMILES string of the molecule is C=CC(C)C(NC(=O)c1ccccc1)(C(=O)O)C(F)(F)F. The van der Waals surface area contributed by atoms with Crippen LogP contribution in [-0.4, -0.2) is 28.7 Å². The Morgan fingerprint density at radius 2 is 1.81 bits per heavy atom. The highest BCUT2D eigenvalue weighted by molar-refractivity contribution is 5.98. The lowest BCUT2D eigenvalue weighted by atomic mass is 9.83. The second kappa shape index (κ2) is 5.99. The average Bonchev–Trinajstić information content (AvgIpc) is 2.42. The summed E-state index contributed by atoms with van der Waals surface area (Å²) in [5.41, 5.74) is -3.49. The lowest BCUT2D eigenvalue weighted by Crippen LogP contribution is -2.67. The first-order valence-corrected chi connectivity index (χ1v) is 5.97. The first-order chi connectivity index (χ1) is 9.66. The predicted molar refractivity (Wildman–Crippen MR) is 69.7 cm³/mol. The zero-order chi connectivity index (χ0) is 16.3. The minimum absolute atomic E-state index is 0.0661. The van der Waals surface area contributed by atoms with Gasteiger partial charge in [-0.05, 0) is 12.1 Å². The molecule has 114 valence electrons. The van der Waals surface area contributed by atoms with Crippen molar-refractivity contribution in [2.75, 3.05) is 0 Å². The van der Waals surface area contributed by atoms with Crippen LogP contribution in [0, 0.1) is 5.92 Å². The highest BCUT2D eigenvalue weighted by Gasteiger charge is 2.64. The van der Waals surface area contributed by atoms with Gasteiger partial charge in [0.25, 0.3) is 5.91 Å². The van der Waals surface area contributed by atoms with Gasteiger partial charge in [0.1, 0.15) is 0 Å². The molecule has 1 amide bonds. The van der Waals surface area contributed by atoms with E-state index in [1.165, 1.54) is 24.3 Å². The molecule has 0 saturated heterocycles. The van der Waals surface area contributed by atoms with Gasteiger partial charge in [0, 0.05) is 11.5 Å². The molecular formula is C14H14F3NO3. The monoisotopic (exact) mass is 301 g/mol. The quantitative estimate of drug-likeness (QED) is 0.822. The fraction of sp³-hybridized carbons (Fsp3) is 0.286. The third-order valence-corrected chi connectivity index (χ3v) is 3.17. The Morgan fingerprint density at radius 1 is 1.29 bits per heavy atom. The van der Waals surface area contributed by atoms with Gasteiger partial charge in [-0.25, -0.2) is 4.79 Å². The number of carboxylic acid groups (broad SMARTS) is 1. The van der Waals surface area contributed by atoms with Crippen LogP contribution in [0.4, 0.5) is 13.2 Å². The minimum atomic E-state index is -5.18. The van der Waals surface area contributed by atoms with Crippen molar-refractivity contribution in [2.45, 2.75) is 18.6 Å². The molecular weight excluding hydrogens is 287 g/mol. The Morgan fingerprint density at radius 3 is 2.19 bits per heavy atom. The summed E-state index contributed by atoms with van der Waals surface area (Å²) in [6, 6.07) is 7.08. The summed E-state index contributed by atoms with van der Waals surface area (Å²) < 4.78 is 39.9. The number of hydrogen-bond donors (Lipinski definition) is 2. The molecule has 1 aromatic rings. The van der Waals surface area contributed by atoms with E-state index in [2.05, 4.69) is 6.58 Å². The zero-order valence-corrected chi connectivity index (χ0v) is 11.1. The fourth-order valence-electron chi connectivity index (χ4n) is 1.83. The number of halogens is 3. The normalized spacial score (nSPS) is 15.6. The van der Waals surface area contributed by atoms with E-state index in [0.717, 1.165) is 13.0 Å². The molecule has 0 heterocycles. The maximum absolute atomic E-state index is 13.3. The van der Waals surface area contributed by atoms with Crippen molar-refractivity contribution >= 4 is 11.9 Å². The minimum Gasteiger partial charge on any atom is -0.479 e. The number of alkyl halides is 3. The van der Waals surface area contributed by atoms with Crippen LogP contribution >= 0.6 is 0 Å². The number of rotatable bonds is 5. The first-order valence-electron chi connectivity index (χ1n) is 5.97. The van der Waals surface area contributed by atoms with Crippen LogP contribution in [0.15, 0.2) is 43.0 Å². The number of aliphatic carboxylic acids is 1. The van der Waals surface area contributed by atoms with Crippen molar-refractivity contribution in [3.63, 3.8) is 0 Å². The van der Waals surface area contributed by atoms with Crippen LogP contribution < -0.4 is 5.32 Å². The maximum atomic E-state index is 13.3. The maximum Gasteiger partial charge on any atom is 0.423 e. The zero-order valence-electron chi connectivity index (χ0n) is 11.1. The van der Waals surface area contributed by atoms with Crippen molar-refractivity contribution in [3.8, 4) is 0 Å².